The monoisotopic (exact) mass is 213 g/mol. The number of fused-ring (bicyclic) bond motifs is 1. The largest absolute Gasteiger partial charge is 0.387 e. The SMILES string of the molecule is Cc1cc(C(F)F)c2c(n1)C(O)CCC2. The number of hydrogen-bond acceptors (Lipinski definition) is 2. The standard InChI is InChI=1S/C11H13F2NO/c1-6-5-8(11(12)13)7-3-2-4-9(15)10(7)14-6/h5,9,11,15H,2-4H2,1H3. The lowest BCUT2D eigenvalue weighted by Gasteiger charge is -2.23. The van der Waals surface area contributed by atoms with Crippen molar-refractivity contribution >= 4 is 0 Å². The molecule has 0 bridgehead atoms. The number of hydrogen-bond donors (Lipinski definition) is 1. The first kappa shape index (κ1) is 10.5. The molecule has 0 aliphatic heterocycles. The van der Waals surface area contributed by atoms with Gasteiger partial charge in [-0.1, -0.05) is 0 Å². The minimum absolute atomic E-state index is 0.0382. The summed E-state index contributed by atoms with van der Waals surface area (Å²) in [7, 11) is 0. The summed E-state index contributed by atoms with van der Waals surface area (Å²) in [5, 5.41) is 9.68. The summed E-state index contributed by atoms with van der Waals surface area (Å²) in [6, 6.07) is 1.42. The quantitative estimate of drug-likeness (QED) is 0.778. The fraction of sp³-hybridized carbons (Fsp3) is 0.545. The van der Waals surface area contributed by atoms with Crippen molar-refractivity contribution in [3.05, 3.63) is 28.6 Å². The molecule has 0 aromatic carbocycles. The van der Waals surface area contributed by atoms with Crippen molar-refractivity contribution < 1.29 is 13.9 Å². The molecular weight excluding hydrogens is 200 g/mol. The molecule has 0 saturated carbocycles. The molecule has 0 saturated heterocycles. The highest BCUT2D eigenvalue weighted by Crippen LogP contribution is 2.34. The summed E-state index contributed by atoms with van der Waals surface area (Å²) in [5.41, 5.74) is 1.59. The highest BCUT2D eigenvalue weighted by atomic mass is 19.3. The third kappa shape index (κ3) is 1.86. The smallest absolute Gasteiger partial charge is 0.264 e. The number of rotatable bonds is 1. The Morgan fingerprint density at radius 3 is 2.93 bits per heavy atom. The average Bonchev–Trinajstić information content (AvgIpc) is 2.18. The first-order valence-electron chi connectivity index (χ1n) is 5.06. The molecule has 1 aromatic rings. The Morgan fingerprint density at radius 2 is 2.27 bits per heavy atom. The van der Waals surface area contributed by atoms with Crippen molar-refractivity contribution in [2.75, 3.05) is 0 Å². The van der Waals surface area contributed by atoms with E-state index >= 15 is 0 Å². The zero-order valence-corrected chi connectivity index (χ0v) is 8.50. The third-order valence-electron chi connectivity index (χ3n) is 2.77. The number of pyridine rings is 1. The van der Waals surface area contributed by atoms with E-state index in [1.165, 1.54) is 6.07 Å². The second-order valence-corrected chi connectivity index (χ2v) is 3.93. The van der Waals surface area contributed by atoms with E-state index in [4.69, 9.17) is 0 Å². The van der Waals surface area contributed by atoms with Crippen LogP contribution >= 0.6 is 0 Å². The zero-order valence-electron chi connectivity index (χ0n) is 8.50. The molecule has 0 amide bonds. The zero-order chi connectivity index (χ0) is 11.0. The molecule has 0 fully saturated rings. The minimum Gasteiger partial charge on any atom is -0.387 e. The number of aromatic nitrogens is 1. The van der Waals surface area contributed by atoms with Gasteiger partial charge >= 0.3 is 0 Å². The third-order valence-corrected chi connectivity index (χ3v) is 2.77. The van der Waals surface area contributed by atoms with Gasteiger partial charge in [0, 0.05) is 11.3 Å². The van der Waals surface area contributed by atoms with E-state index < -0.39 is 12.5 Å². The van der Waals surface area contributed by atoms with Gasteiger partial charge < -0.3 is 5.11 Å². The number of aryl methyl sites for hydroxylation is 1. The van der Waals surface area contributed by atoms with Gasteiger partial charge in [0.05, 0.1) is 11.8 Å². The lowest BCUT2D eigenvalue weighted by molar-refractivity contribution is 0.138. The van der Waals surface area contributed by atoms with Gasteiger partial charge in [0.15, 0.2) is 0 Å². The molecule has 1 aliphatic rings. The molecule has 1 aliphatic carbocycles. The van der Waals surface area contributed by atoms with Crippen molar-refractivity contribution in [3.8, 4) is 0 Å². The van der Waals surface area contributed by atoms with E-state index in [-0.39, 0.29) is 5.56 Å². The Bertz CT molecular complexity index is 362. The fourth-order valence-corrected chi connectivity index (χ4v) is 2.10. The Balaban J connectivity index is 2.57. The lowest BCUT2D eigenvalue weighted by atomic mass is 9.90. The molecule has 1 N–H and O–H groups in total. The van der Waals surface area contributed by atoms with E-state index in [0.717, 1.165) is 6.42 Å². The van der Waals surface area contributed by atoms with Crippen LogP contribution in [0.15, 0.2) is 6.07 Å². The van der Waals surface area contributed by atoms with Gasteiger partial charge in [-0.05, 0) is 37.8 Å². The van der Waals surface area contributed by atoms with Crippen LogP contribution in [0.4, 0.5) is 8.78 Å². The topological polar surface area (TPSA) is 33.1 Å². The summed E-state index contributed by atoms with van der Waals surface area (Å²) in [6.45, 7) is 1.67. The van der Waals surface area contributed by atoms with Crippen molar-refractivity contribution in [1.82, 2.24) is 4.98 Å². The molecule has 1 unspecified atom stereocenters. The molecule has 0 spiro atoms. The number of halogens is 2. The van der Waals surface area contributed by atoms with Crippen molar-refractivity contribution in [2.45, 2.75) is 38.7 Å². The Hall–Kier alpha value is -1.03. The van der Waals surface area contributed by atoms with Crippen LogP contribution in [0.5, 0.6) is 0 Å². The highest BCUT2D eigenvalue weighted by Gasteiger charge is 2.25. The van der Waals surface area contributed by atoms with Crippen LogP contribution in [-0.2, 0) is 6.42 Å². The molecule has 1 heterocycles. The molecule has 1 aromatic heterocycles. The van der Waals surface area contributed by atoms with Gasteiger partial charge in [0.25, 0.3) is 6.43 Å². The predicted molar refractivity (Wildman–Crippen MR) is 51.8 cm³/mol. The van der Waals surface area contributed by atoms with E-state index in [1.807, 2.05) is 0 Å². The summed E-state index contributed by atoms with van der Waals surface area (Å²) >= 11 is 0. The maximum Gasteiger partial charge on any atom is 0.264 e. The van der Waals surface area contributed by atoms with E-state index in [2.05, 4.69) is 4.98 Å². The maximum atomic E-state index is 12.8. The van der Waals surface area contributed by atoms with Gasteiger partial charge in [0.2, 0.25) is 0 Å². The van der Waals surface area contributed by atoms with Gasteiger partial charge in [-0.2, -0.15) is 0 Å². The molecule has 82 valence electrons. The van der Waals surface area contributed by atoms with Crippen LogP contribution in [0.3, 0.4) is 0 Å². The Morgan fingerprint density at radius 1 is 1.53 bits per heavy atom. The molecular formula is C11H13F2NO. The first-order chi connectivity index (χ1) is 7.09. The van der Waals surface area contributed by atoms with E-state index in [9.17, 15) is 13.9 Å². The second-order valence-electron chi connectivity index (χ2n) is 3.93. The number of alkyl halides is 2. The summed E-state index contributed by atoms with van der Waals surface area (Å²) < 4.78 is 25.5. The van der Waals surface area contributed by atoms with Crippen molar-refractivity contribution in [3.63, 3.8) is 0 Å². The molecule has 4 heteroatoms. The highest BCUT2D eigenvalue weighted by molar-refractivity contribution is 5.36. The lowest BCUT2D eigenvalue weighted by Crippen LogP contribution is -2.15. The number of nitrogens with zero attached hydrogens (tertiary/aromatic N) is 1. The number of aliphatic hydroxyl groups is 1. The van der Waals surface area contributed by atoms with Crippen LogP contribution in [-0.4, -0.2) is 10.1 Å². The van der Waals surface area contributed by atoms with Crippen molar-refractivity contribution in [1.29, 1.82) is 0 Å². The molecule has 2 nitrogen and oxygen atoms in total. The minimum atomic E-state index is -2.48. The van der Waals surface area contributed by atoms with Crippen LogP contribution < -0.4 is 0 Å². The summed E-state index contributed by atoms with van der Waals surface area (Å²) in [5.74, 6) is 0. The van der Waals surface area contributed by atoms with Crippen LogP contribution in [0, 0.1) is 6.92 Å². The van der Waals surface area contributed by atoms with E-state index in [0.29, 0.717) is 29.8 Å². The predicted octanol–water partition coefficient (Wildman–Crippen LogP) is 2.70. The molecule has 1 atom stereocenters. The van der Waals surface area contributed by atoms with Crippen LogP contribution in [0.1, 0.15) is 47.9 Å². The summed E-state index contributed by atoms with van der Waals surface area (Å²) in [6.07, 6.45) is -1.19. The molecule has 0 radical (unpaired) electrons. The van der Waals surface area contributed by atoms with Gasteiger partial charge in [-0.3, -0.25) is 4.98 Å². The molecule has 2 rings (SSSR count). The van der Waals surface area contributed by atoms with Crippen LogP contribution in [0.25, 0.3) is 0 Å². The van der Waals surface area contributed by atoms with Gasteiger partial charge in [-0.15, -0.1) is 0 Å². The normalized spacial score (nSPS) is 20.5. The Labute approximate surface area is 87.0 Å². The second kappa shape index (κ2) is 3.85. The first-order valence-corrected chi connectivity index (χ1v) is 5.06. The van der Waals surface area contributed by atoms with Crippen LogP contribution in [0.2, 0.25) is 0 Å². The van der Waals surface area contributed by atoms with Crippen molar-refractivity contribution in [2.24, 2.45) is 0 Å². The summed E-state index contributed by atoms with van der Waals surface area (Å²) in [4.78, 5) is 4.15. The Kier molecular flexibility index (Phi) is 2.69. The average molecular weight is 213 g/mol. The van der Waals surface area contributed by atoms with Gasteiger partial charge in [-0.25, -0.2) is 8.78 Å². The van der Waals surface area contributed by atoms with E-state index in [1.54, 1.807) is 6.92 Å². The molecule has 15 heavy (non-hydrogen) atoms. The maximum absolute atomic E-state index is 12.8. The fourth-order valence-electron chi connectivity index (χ4n) is 2.10. The van der Waals surface area contributed by atoms with Gasteiger partial charge in [0.1, 0.15) is 0 Å². The number of aliphatic hydroxyl groups excluding tert-OH is 1.